The van der Waals surface area contributed by atoms with E-state index < -0.39 is 0 Å². The van der Waals surface area contributed by atoms with Crippen molar-refractivity contribution in [3.8, 4) is 0 Å². The summed E-state index contributed by atoms with van der Waals surface area (Å²) in [6, 6.07) is 2.01. The summed E-state index contributed by atoms with van der Waals surface area (Å²) in [6.07, 6.45) is 4.36. The third kappa shape index (κ3) is 2.13. The van der Waals surface area contributed by atoms with E-state index in [0.717, 1.165) is 34.4 Å². The van der Waals surface area contributed by atoms with Gasteiger partial charge in [-0.25, -0.2) is 4.98 Å². The van der Waals surface area contributed by atoms with Crippen LogP contribution in [0, 0.1) is 0 Å². The van der Waals surface area contributed by atoms with Crippen LogP contribution in [0.5, 0.6) is 0 Å². The van der Waals surface area contributed by atoms with Crippen LogP contribution in [0.25, 0.3) is 10.2 Å². The third-order valence-electron chi connectivity index (χ3n) is 3.54. The quantitative estimate of drug-likeness (QED) is 0.845. The zero-order valence-electron chi connectivity index (χ0n) is 9.78. The first-order valence-electron chi connectivity index (χ1n) is 6.10. The number of aromatic nitrogens is 2. The predicted octanol–water partition coefficient (Wildman–Crippen LogP) is 2.73. The summed E-state index contributed by atoms with van der Waals surface area (Å²) in [5.74, 6) is 0.944. The summed E-state index contributed by atoms with van der Waals surface area (Å²) in [4.78, 5) is 19.5. The number of aromatic amines is 1. The molecule has 1 aliphatic carbocycles. The highest BCUT2D eigenvalue weighted by Gasteiger charge is 2.26. The Balaban J connectivity index is 2.09. The summed E-state index contributed by atoms with van der Waals surface area (Å²) >= 11 is 4.81. The number of nitrogens with zero attached hydrogens (tertiary/aromatic N) is 1. The van der Waals surface area contributed by atoms with Crippen molar-refractivity contribution in [1.82, 2.24) is 9.97 Å². The fourth-order valence-corrected chi connectivity index (χ4v) is 4.02. The summed E-state index contributed by atoms with van der Waals surface area (Å²) < 4.78 is 1.61. The molecule has 0 saturated heterocycles. The monoisotopic (exact) mass is 327 g/mol. The van der Waals surface area contributed by atoms with Gasteiger partial charge in [-0.1, -0.05) is 12.8 Å². The first-order valence-corrected chi connectivity index (χ1v) is 7.71. The minimum Gasteiger partial charge on any atom is -0.327 e. The number of hydrogen-bond donors (Lipinski definition) is 2. The zero-order valence-corrected chi connectivity index (χ0v) is 12.2. The van der Waals surface area contributed by atoms with E-state index in [4.69, 9.17) is 5.73 Å². The van der Waals surface area contributed by atoms with Gasteiger partial charge in [0.1, 0.15) is 10.5 Å². The lowest BCUT2D eigenvalue weighted by molar-refractivity contribution is 0.373. The first kappa shape index (κ1) is 12.3. The van der Waals surface area contributed by atoms with Crippen LogP contribution in [0.4, 0.5) is 0 Å². The summed E-state index contributed by atoms with van der Waals surface area (Å²) in [5.41, 5.74) is 6.86. The van der Waals surface area contributed by atoms with Crippen molar-refractivity contribution in [2.45, 2.75) is 37.6 Å². The van der Waals surface area contributed by atoms with Crippen LogP contribution in [0.1, 0.15) is 37.4 Å². The Morgan fingerprint density at radius 2 is 2.22 bits per heavy atom. The Hall–Kier alpha value is -0.720. The van der Waals surface area contributed by atoms with Gasteiger partial charge in [0, 0.05) is 12.0 Å². The van der Waals surface area contributed by atoms with Gasteiger partial charge < -0.3 is 10.7 Å². The van der Waals surface area contributed by atoms with Crippen LogP contribution in [0.2, 0.25) is 0 Å². The molecule has 1 fully saturated rings. The lowest BCUT2D eigenvalue weighted by Gasteiger charge is -2.27. The van der Waals surface area contributed by atoms with Crippen LogP contribution in [-0.2, 0) is 0 Å². The van der Waals surface area contributed by atoms with E-state index in [1.807, 2.05) is 6.07 Å². The fraction of sp³-hybridized carbons (Fsp3) is 0.500. The second kappa shape index (κ2) is 4.75. The highest BCUT2D eigenvalue weighted by atomic mass is 79.9. The Morgan fingerprint density at radius 3 is 3.00 bits per heavy atom. The van der Waals surface area contributed by atoms with E-state index in [9.17, 15) is 4.79 Å². The molecule has 2 aromatic heterocycles. The van der Waals surface area contributed by atoms with Crippen molar-refractivity contribution in [2.24, 2.45) is 5.73 Å². The molecule has 0 amide bonds. The molecule has 2 heterocycles. The normalized spacial score (nSPS) is 24.6. The number of thiophene rings is 1. The van der Waals surface area contributed by atoms with Crippen LogP contribution < -0.4 is 11.3 Å². The Morgan fingerprint density at radius 1 is 1.44 bits per heavy atom. The summed E-state index contributed by atoms with van der Waals surface area (Å²) in [7, 11) is 0. The highest BCUT2D eigenvalue weighted by molar-refractivity contribution is 9.11. The lowest BCUT2D eigenvalue weighted by Crippen LogP contribution is -2.33. The van der Waals surface area contributed by atoms with Crippen molar-refractivity contribution in [1.29, 1.82) is 0 Å². The van der Waals surface area contributed by atoms with E-state index >= 15 is 0 Å². The van der Waals surface area contributed by atoms with Crippen LogP contribution in [-0.4, -0.2) is 16.0 Å². The van der Waals surface area contributed by atoms with Gasteiger partial charge in [-0.2, -0.15) is 0 Å². The first-order chi connectivity index (χ1) is 8.65. The second-order valence-electron chi connectivity index (χ2n) is 4.77. The van der Waals surface area contributed by atoms with E-state index in [2.05, 4.69) is 25.9 Å². The molecule has 2 aromatic rings. The van der Waals surface area contributed by atoms with Crippen LogP contribution in [0.15, 0.2) is 14.6 Å². The van der Waals surface area contributed by atoms with Crippen molar-refractivity contribution in [2.75, 3.05) is 0 Å². The molecule has 0 aromatic carbocycles. The molecule has 0 spiro atoms. The molecular weight excluding hydrogens is 314 g/mol. The SMILES string of the molecule is N[C@@H]1CCCC[C@@H]1c1nc2cc(Br)sc2c(=O)[nH]1. The number of hydrogen-bond acceptors (Lipinski definition) is 4. The van der Waals surface area contributed by atoms with Crippen molar-refractivity contribution < 1.29 is 0 Å². The van der Waals surface area contributed by atoms with E-state index in [1.54, 1.807) is 0 Å². The maximum atomic E-state index is 12.0. The average molecular weight is 328 g/mol. The smallest absolute Gasteiger partial charge is 0.268 e. The second-order valence-corrected chi connectivity index (χ2v) is 7.20. The molecule has 2 atom stereocenters. The standard InChI is InChI=1S/C12H14BrN3OS/c13-9-5-8-10(18-9)12(17)16-11(15-8)6-3-1-2-4-7(6)14/h5-7H,1-4,14H2,(H,15,16,17)/t6-,7+/m0/s1. The third-order valence-corrected chi connectivity index (χ3v) is 5.17. The van der Waals surface area contributed by atoms with Gasteiger partial charge in [0.15, 0.2) is 0 Å². The molecule has 0 unspecified atom stereocenters. The summed E-state index contributed by atoms with van der Waals surface area (Å²) in [5, 5.41) is 0. The van der Waals surface area contributed by atoms with E-state index in [0.29, 0.717) is 4.70 Å². The Kier molecular flexibility index (Phi) is 3.25. The largest absolute Gasteiger partial charge is 0.327 e. The van der Waals surface area contributed by atoms with Crippen LogP contribution in [0.3, 0.4) is 0 Å². The van der Waals surface area contributed by atoms with Gasteiger partial charge >= 0.3 is 0 Å². The number of rotatable bonds is 1. The molecule has 18 heavy (non-hydrogen) atoms. The van der Waals surface area contributed by atoms with Gasteiger partial charge in [-0.3, -0.25) is 4.79 Å². The molecule has 0 radical (unpaired) electrons. The fourth-order valence-electron chi connectivity index (χ4n) is 2.60. The number of nitrogens with two attached hydrogens (primary N) is 1. The number of halogens is 1. The molecule has 4 nitrogen and oxygen atoms in total. The Bertz CT molecular complexity index is 636. The molecule has 3 N–H and O–H groups in total. The van der Waals surface area contributed by atoms with Gasteiger partial charge in [-0.05, 0) is 34.8 Å². The molecule has 1 aliphatic rings. The minimum absolute atomic E-state index is 0.0523. The molecule has 3 rings (SSSR count). The number of nitrogens with one attached hydrogen (secondary N) is 1. The number of H-pyrrole nitrogens is 1. The molecule has 96 valence electrons. The zero-order chi connectivity index (χ0) is 12.7. The molecule has 6 heteroatoms. The van der Waals surface area contributed by atoms with Crippen molar-refractivity contribution >= 4 is 37.5 Å². The van der Waals surface area contributed by atoms with Gasteiger partial charge in [0.25, 0.3) is 5.56 Å². The van der Waals surface area contributed by atoms with E-state index in [-0.39, 0.29) is 17.5 Å². The molecule has 0 bridgehead atoms. The average Bonchev–Trinajstić information content (AvgIpc) is 2.71. The Labute approximate surface area is 117 Å². The highest BCUT2D eigenvalue weighted by Crippen LogP contribution is 2.31. The minimum atomic E-state index is -0.0523. The molecule has 1 saturated carbocycles. The molecular formula is C12H14BrN3OS. The van der Waals surface area contributed by atoms with Gasteiger partial charge in [-0.15, -0.1) is 11.3 Å². The molecule has 0 aliphatic heterocycles. The predicted molar refractivity (Wildman–Crippen MR) is 77.1 cm³/mol. The maximum Gasteiger partial charge on any atom is 0.268 e. The topological polar surface area (TPSA) is 71.8 Å². The maximum absolute atomic E-state index is 12.0. The lowest BCUT2D eigenvalue weighted by atomic mass is 9.84. The van der Waals surface area contributed by atoms with Crippen molar-refractivity contribution in [3.05, 3.63) is 26.0 Å². The van der Waals surface area contributed by atoms with Crippen LogP contribution >= 0.6 is 27.3 Å². The van der Waals surface area contributed by atoms with E-state index in [1.165, 1.54) is 17.8 Å². The van der Waals surface area contributed by atoms with Gasteiger partial charge in [0.2, 0.25) is 0 Å². The number of fused-ring (bicyclic) bond motifs is 1. The van der Waals surface area contributed by atoms with Gasteiger partial charge in [0.05, 0.1) is 9.30 Å². The van der Waals surface area contributed by atoms with Crippen molar-refractivity contribution in [3.63, 3.8) is 0 Å². The summed E-state index contributed by atoms with van der Waals surface area (Å²) in [6.45, 7) is 0.